The van der Waals surface area contributed by atoms with Crippen LogP contribution in [0.15, 0.2) is 48.5 Å². The standard InChI is InChI=1S/C16H11ClN2O2/c17-12-7-5-11(6-8-12)15(20)13-3-1-2-4-14(13)16(21)19-10-9-18/h1-8H,10H2,(H,19,21). The van der Waals surface area contributed by atoms with Crippen molar-refractivity contribution in [2.45, 2.75) is 0 Å². The molecule has 21 heavy (non-hydrogen) atoms. The van der Waals surface area contributed by atoms with Gasteiger partial charge in [0.2, 0.25) is 0 Å². The van der Waals surface area contributed by atoms with Gasteiger partial charge in [-0.25, -0.2) is 0 Å². The van der Waals surface area contributed by atoms with Crippen molar-refractivity contribution in [3.8, 4) is 6.07 Å². The van der Waals surface area contributed by atoms with Crippen molar-refractivity contribution in [3.63, 3.8) is 0 Å². The van der Waals surface area contributed by atoms with E-state index in [1.165, 1.54) is 0 Å². The zero-order valence-corrected chi connectivity index (χ0v) is 11.7. The fourth-order valence-electron chi connectivity index (χ4n) is 1.85. The Morgan fingerprint density at radius 3 is 2.29 bits per heavy atom. The largest absolute Gasteiger partial charge is 0.339 e. The van der Waals surface area contributed by atoms with Crippen LogP contribution in [0.25, 0.3) is 0 Å². The first-order chi connectivity index (χ1) is 10.1. The molecular weight excluding hydrogens is 288 g/mol. The summed E-state index contributed by atoms with van der Waals surface area (Å²) in [5.74, 6) is -0.719. The van der Waals surface area contributed by atoms with Crippen LogP contribution in [-0.2, 0) is 0 Å². The summed E-state index contributed by atoms with van der Waals surface area (Å²) in [4.78, 5) is 24.4. The third-order valence-electron chi connectivity index (χ3n) is 2.85. The van der Waals surface area contributed by atoms with Gasteiger partial charge in [-0.05, 0) is 30.3 Å². The maximum atomic E-state index is 12.5. The smallest absolute Gasteiger partial charge is 0.252 e. The molecule has 2 aromatic carbocycles. The third-order valence-corrected chi connectivity index (χ3v) is 3.10. The van der Waals surface area contributed by atoms with E-state index in [4.69, 9.17) is 16.9 Å². The van der Waals surface area contributed by atoms with Crippen LogP contribution in [0.1, 0.15) is 26.3 Å². The number of carbonyl (C=O) groups excluding carboxylic acids is 2. The second-order valence-corrected chi connectivity index (χ2v) is 4.66. The van der Waals surface area contributed by atoms with Gasteiger partial charge in [-0.15, -0.1) is 0 Å². The van der Waals surface area contributed by atoms with Gasteiger partial charge in [-0.3, -0.25) is 9.59 Å². The van der Waals surface area contributed by atoms with E-state index in [1.807, 2.05) is 6.07 Å². The SMILES string of the molecule is N#CCNC(=O)c1ccccc1C(=O)c1ccc(Cl)cc1. The summed E-state index contributed by atoms with van der Waals surface area (Å²) in [6, 6.07) is 14.8. The molecule has 1 N–H and O–H groups in total. The first-order valence-electron chi connectivity index (χ1n) is 6.18. The Balaban J connectivity index is 2.36. The van der Waals surface area contributed by atoms with Crippen LogP contribution in [0.5, 0.6) is 0 Å². The van der Waals surface area contributed by atoms with Crippen molar-refractivity contribution < 1.29 is 9.59 Å². The van der Waals surface area contributed by atoms with E-state index in [1.54, 1.807) is 48.5 Å². The van der Waals surface area contributed by atoms with Crippen molar-refractivity contribution >= 4 is 23.3 Å². The molecular formula is C16H11ClN2O2. The van der Waals surface area contributed by atoms with Crippen LogP contribution in [0.4, 0.5) is 0 Å². The average molecular weight is 299 g/mol. The second-order valence-electron chi connectivity index (χ2n) is 4.22. The van der Waals surface area contributed by atoms with Crippen molar-refractivity contribution in [2.24, 2.45) is 0 Å². The molecule has 0 fully saturated rings. The maximum absolute atomic E-state index is 12.5. The lowest BCUT2D eigenvalue weighted by Crippen LogP contribution is -2.25. The van der Waals surface area contributed by atoms with E-state index >= 15 is 0 Å². The molecule has 2 aromatic rings. The van der Waals surface area contributed by atoms with Gasteiger partial charge in [0.05, 0.1) is 11.6 Å². The Hall–Kier alpha value is -2.64. The molecule has 0 unspecified atom stereocenters. The Labute approximate surface area is 127 Å². The number of halogens is 1. The number of ketones is 1. The van der Waals surface area contributed by atoms with E-state index < -0.39 is 5.91 Å². The van der Waals surface area contributed by atoms with E-state index in [-0.39, 0.29) is 23.5 Å². The summed E-state index contributed by atoms with van der Waals surface area (Å²) >= 11 is 5.80. The van der Waals surface area contributed by atoms with Crippen molar-refractivity contribution in [2.75, 3.05) is 6.54 Å². The first-order valence-corrected chi connectivity index (χ1v) is 6.55. The minimum atomic E-state index is -0.450. The third kappa shape index (κ3) is 3.47. The topological polar surface area (TPSA) is 70.0 Å². The van der Waals surface area contributed by atoms with Crippen LogP contribution in [0.3, 0.4) is 0 Å². The van der Waals surface area contributed by atoms with Gasteiger partial charge < -0.3 is 5.32 Å². The highest BCUT2D eigenvalue weighted by Crippen LogP contribution is 2.17. The molecule has 0 saturated carbocycles. The summed E-state index contributed by atoms with van der Waals surface area (Å²) in [5, 5.41) is 11.5. The number of nitrogens with one attached hydrogen (secondary N) is 1. The van der Waals surface area contributed by atoms with Crippen molar-refractivity contribution in [3.05, 3.63) is 70.2 Å². The van der Waals surface area contributed by atoms with Crippen LogP contribution in [0, 0.1) is 11.3 Å². The van der Waals surface area contributed by atoms with Crippen LogP contribution in [-0.4, -0.2) is 18.2 Å². The van der Waals surface area contributed by atoms with Gasteiger partial charge in [0.1, 0.15) is 6.54 Å². The number of benzene rings is 2. The number of carbonyl (C=O) groups is 2. The summed E-state index contributed by atoms with van der Waals surface area (Å²) in [7, 11) is 0. The minimum Gasteiger partial charge on any atom is -0.339 e. The average Bonchev–Trinajstić information content (AvgIpc) is 2.52. The lowest BCUT2D eigenvalue weighted by Gasteiger charge is -2.08. The molecule has 0 bridgehead atoms. The predicted molar refractivity (Wildman–Crippen MR) is 79.3 cm³/mol. The molecule has 0 heterocycles. The number of hydrogen-bond acceptors (Lipinski definition) is 3. The number of amides is 1. The van der Waals surface area contributed by atoms with E-state index in [9.17, 15) is 9.59 Å². The summed E-state index contributed by atoms with van der Waals surface area (Å²) in [6.07, 6.45) is 0. The molecule has 0 atom stereocenters. The molecule has 0 aliphatic carbocycles. The van der Waals surface area contributed by atoms with E-state index in [2.05, 4.69) is 5.32 Å². The molecule has 0 aliphatic heterocycles. The van der Waals surface area contributed by atoms with Crippen molar-refractivity contribution in [1.82, 2.24) is 5.32 Å². The highest BCUT2D eigenvalue weighted by molar-refractivity contribution is 6.30. The van der Waals surface area contributed by atoms with Crippen LogP contribution >= 0.6 is 11.6 Å². The molecule has 4 nitrogen and oxygen atoms in total. The second kappa shape index (κ2) is 6.69. The monoisotopic (exact) mass is 298 g/mol. The predicted octanol–water partition coefficient (Wildman–Crippen LogP) is 2.82. The summed E-state index contributed by atoms with van der Waals surface area (Å²) in [6.45, 7) is -0.109. The van der Waals surface area contributed by atoms with Crippen molar-refractivity contribution in [1.29, 1.82) is 5.26 Å². The normalized spacial score (nSPS) is 9.71. The van der Waals surface area contributed by atoms with Gasteiger partial charge in [-0.1, -0.05) is 29.8 Å². The molecule has 0 saturated heterocycles. The van der Waals surface area contributed by atoms with Crippen LogP contribution in [0.2, 0.25) is 5.02 Å². The molecule has 0 aliphatic rings. The Bertz CT molecular complexity index is 718. The fraction of sp³-hybridized carbons (Fsp3) is 0.0625. The molecule has 104 valence electrons. The zero-order chi connectivity index (χ0) is 15.2. The number of nitrogens with zero attached hydrogens (tertiary/aromatic N) is 1. The number of nitriles is 1. The number of hydrogen-bond donors (Lipinski definition) is 1. The quantitative estimate of drug-likeness (QED) is 0.697. The summed E-state index contributed by atoms with van der Waals surface area (Å²) in [5.41, 5.74) is 0.975. The first kappa shape index (κ1) is 14.8. The highest BCUT2D eigenvalue weighted by atomic mass is 35.5. The zero-order valence-electron chi connectivity index (χ0n) is 11.0. The Kier molecular flexibility index (Phi) is 4.70. The Morgan fingerprint density at radius 2 is 1.67 bits per heavy atom. The fourth-order valence-corrected chi connectivity index (χ4v) is 1.98. The minimum absolute atomic E-state index is 0.109. The maximum Gasteiger partial charge on any atom is 0.252 e. The molecule has 0 radical (unpaired) electrons. The summed E-state index contributed by atoms with van der Waals surface area (Å²) < 4.78 is 0. The van der Waals surface area contributed by atoms with Gasteiger partial charge in [-0.2, -0.15) is 5.26 Å². The van der Waals surface area contributed by atoms with E-state index in [0.717, 1.165) is 0 Å². The van der Waals surface area contributed by atoms with Crippen LogP contribution < -0.4 is 5.32 Å². The van der Waals surface area contributed by atoms with Gasteiger partial charge in [0.15, 0.2) is 5.78 Å². The molecule has 5 heteroatoms. The van der Waals surface area contributed by atoms with Gasteiger partial charge in [0.25, 0.3) is 5.91 Å². The van der Waals surface area contributed by atoms with E-state index in [0.29, 0.717) is 10.6 Å². The molecule has 0 aromatic heterocycles. The highest BCUT2D eigenvalue weighted by Gasteiger charge is 2.17. The van der Waals surface area contributed by atoms with Gasteiger partial charge >= 0.3 is 0 Å². The lowest BCUT2D eigenvalue weighted by molar-refractivity contribution is 0.0946. The lowest BCUT2D eigenvalue weighted by atomic mass is 9.98. The molecule has 2 rings (SSSR count). The Morgan fingerprint density at radius 1 is 1.05 bits per heavy atom. The van der Waals surface area contributed by atoms with Gasteiger partial charge in [0, 0.05) is 16.1 Å². The molecule has 1 amide bonds. The number of rotatable bonds is 4. The molecule has 0 spiro atoms.